The summed E-state index contributed by atoms with van der Waals surface area (Å²) >= 11 is 0. The molecule has 80 valence electrons. The van der Waals surface area contributed by atoms with Crippen molar-refractivity contribution in [3.05, 3.63) is 35.4 Å². The molecule has 0 aromatic heterocycles. The average molecular weight is 204 g/mol. The molecule has 3 N–H and O–H groups in total. The molecule has 15 heavy (non-hydrogen) atoms. The zero-order valence-corrected chi connectivity index (χ0v) is 8.65. The Morgan fingerprint density at radius 2 is 2.33 bits per heavy atom. The first-order valence-corrected chi connectivity index (χ1v) is 5.32. The van der Waals surface area contributed by atoms with E-state index in [2.05, 4.69) is 11.4 Å². The van der Waals surface area contributed by atoms with E-state index in [0.29, 0.717) is 5.92 Å². The van der Waals surface area contributed by atoms with Crippen LogP contribution in [-0.2, 0) is 0 Å². The first-order valence-electron chi connectivity index (χ1n) is 5.32. The van der Waals surface area contributed by atoms with Gasteiger partial charge in [0, 0.05) is 24.1 Å². The SMILES string of the molecule is NC1CNCCC1c1cccc(C=O)c1. The number of nitrogens with one attached hydrogen (secondary N) is 1. The molecule has 1 heterocycles. The molecule has 0 bridgehead atoms. The maximum absolute atomic E-state index is 10.7. The van der Waals surface area contributed by atoms with Crippen molar-refractivity contribution in [1.29, 1.82) is 0 Å². The van der Waals surface area contributed by atoms with Gasteiger partial charge in [0.05, 0.1) is 0 Å². The van der Waals surface area contributed by atoms with E-state index < -0.39 is 0 Å². The van der Waals surface area contributed by atoms with Crippen molar-refractivity contribution in [2.75, 3.05) is 13.1 Å². The lowest BCUT2D eigenvalue weighted by Crippen LogP contribution is -2.44. The molecule has 2 atom stereocenters. The monoisotopic (exact) mass is 204 g/mol. The van der Waals surface area contributed by atoms with Crippen molar-refractivity contribution in [1.82, 2.24) is 5.32 Å². The predicted molar refractivity (Wildman–Crippen MR) is 60.0 cm³/mol. The molecule has 1 saturated heterocycles. The summed E-state index contributed by atoms with van der Waals surface area (Å²) in [7, 11) is 0. The second-order valence-electron chi connectivity index (χ2n) is 4.05. The summed E-state index contributed by atoms with van der Waals surface area (Å²) in [6.07, 6.45) is 1.93. The topological polar surface area (TPSA) is 55.1 Å². The van der Waals surface area contributed by atoms with Gasteiger partial charge < -0.3 is 11.1 Å². The van der Waals surface area contributed by atoms with E-state index in [4.69, 9.17) is 5.73 Å². The fraction of sp³-hybridized carbons (Fsp3) is 0.417. The van der Waals surface area contributed by atoms with E-state index in [1.165, 1.54) is 5.56 Å². The highest BCUT2D eigenvalue weighted by Gasteiger charge is 2.22. The molecule has 0 aliphatic carbocycles. The standard InChI is InChI=1S/C12H16N2O/c13-12-7-14-5-4-11(12)10-3-1-2-9(6-10)8-15/h1-3,6,8,11-12,14H,4-5,7,13H2. The molecule has 0 radical (unpaired) electrons. The Hall–Kier alpha value is -1.19. The van der Waals surface area contributed by atoms with Crippen molar-refractivity contribution < 1.29 is 4.79 Å². The van der Waals surface area contributed by atoms with Gasteiger partial charge in [-0.2, -0.15) is 0 Å². The minimum atomic E-state index is 0.153. The van der Waals surface area contributed by atoms with Crippen molar-refractivity contribution >= 4 is 6.29 Å². The number of piperidine rings is 1. The highest BCUT2D eigenvalue weighted by molar-refractivity contribution is 5.75. The van der Waals surface area contributed by atoms with E-state index in [0.717, 1.165) is 31.4 Å². The molecule has 2 unspecified atom stereocenters. The smallest absolute Gasteiger partial charge is 0.150 e. The number of hydrogen-bond acceptors (Lipinski definition) is 3. The normalized spacial score (nSPS) is 26.2. The van der Waals surface area contributed by atoms with E-state index in [1.807, 2.05) is 18.2 Å². The van der Waals surface area contributed by atoms with Crippen molar-refractivity contribution in [3.8, 4) is 0 Å². The van der Waals surface area contributed by atoms with Gasteiger partial charge in [0.15, 0.2) is 0 Å². The molecule has 1 aliphatic rings. The quantitative estimate of drug-likeness (QED) is 0.704. The Labute approximate surface area is 89.7 Å². The molecule has 1 aliphatic heterocycles. The van der Waals surface area contributed by atoms with Gasteiger partial charge in [-0.25, -0.2) is 0 Å². The van der Waals surface area contributed by atoms with Crippen LogP contribution in [0.15, 0.2) is 24.3 Å². The third-order valence-corrected chi connectivity index (χ3v) is 3.00. The number of carbonyl (C=O) groups is 1. The van der Waals surface area contributed by atoms with Crippen LogP contribution < -0.4 is 11.1 Å². The van der Waals surface area contributed by atoms with Crippen LogP contribution in [0.4, 0.5) is 0 Å². The fourth-order valence-electron chi connectivity index (χ4n) is 2.16. The maximum atomic E-state index is 10.7. The van der Waals surface area contributed by atoms with Gasteiger partial charge in [-0.3, -0.25) is 4.79 Å². The van der Waals surface area contributed by atoms with Gasteiger partial charge >= 0.3 is 0 Å². The van der Waals surface area contributed by atoms with Crippen molar-refractivity contribution in [2.45, 2.75) is 18.4 Å². The molecule has 1 fully saturated rings. The van der Waals surface area contributed by atoms with Crippen LogP contribution in [0.25, 0.3) is 0 Å². The third-order valence-electron chi connectivity index (χ3n) is 3.00. The number of rotatable bonds is 2. The molecule has 1 aromatic carbocycles. The maximum Gasteiger partial charge on any atom is 0.150 e. The molecule has 0 spiro atoms. The van der Waals surface area contributed by atoms with Crippen LogP contribution in [0.3, 0.4) is 0 Å². The first-order chi connectivity index (χ1) is 7.31. The second-order valence-corrected chi connectivity index (χ2v) is 4.05. The van der Waals surface area contributed by atoms with Gasteiger partial charge in [0.25, 0.3) is 0 Å². The summed E-state index contributed by atoms with van der Waals surface area (Å²) in [5.74, 6) is 0.381. The molecule has 0 amide bonds. The van der Waals surface area contributed by atoms with Crippen LogP contribution >= 0.6 is 0 Å². The van der Waals surface area contributed by atoms with Gasteiger partial charge in [-0.1, -0.05) is 18.2 Å². The number of carbonyl (C=O) groups excluding carboxylic acids is 1. The molecular formula is C12H16N2O. The Balaban J connectivity index is 2.23. The van der Waals surface area contributed by atoms with Gasteiger partial charge in [-0.15, -0.1) is 0 Å². The number of nitrogens with two attached hydrogens (primary N) is 1. The van der Waals surface area contributed by atoms with Crippen LogP contribution in [0.5, 0.6) is 0 Å². The lowest BCUT2D eigenvalue weighted by molar-refractivity contribution is 0.112. The highest BCUT2D eigenvalue weighted by Crippen LogP contribution is 2.24. The van der Waals surface area contributed by atoms with Crippen LogP contribution in [0.1, 0.15) is 28.3 Å². The zero-order chi connectivity index (χ0) is 10.7. The Bertz CT molecular complexity index is 351. The second kappa shape index (κ2) is 4.55. The Morgan fingerprint density at radius 1 is 1.47 bits per heavy atom. The number of hydrogen-bond donors (Lipinski definition) is 2. The molecule has 1 aromatic rings. The number of benzene rings is 1. The molecule has 3 nitrogen and oxygen atoms in total. The van der Waals surface area contributed by atoms with Gasteiger partial charge in [0.2, 0.25) is 0 Å². The highest BCUT2D eigenvalue weighted by atomic mass is 16.1. The zero-order valence-electron chi connectivity index (χ0n) is 8.65. The first kappa shape index (κ1) is 10.3. The van der Waals surface area contributed by atoms with Gasteiger partial charge in [0.1, 0.15) is 6.29 Å². The fourth-order valence-corrected chi connectivity index (χ4v) is 2.16. The predicted octanol–water partition coefficient (Wildman–Crippen LogP) is 0.903. The summed E-state index contributed by atoms with van der Waals surface area (Å²) in [6.45, 7) is 1.86. The summed E-state index contributed by atoms with van der Waals surface area (Å²) in [4.78, 5) is 10.7. The van der Waals surface area contributed by atoms with Crippen LogP contribution in [0, 0.1) is 0 Å². The Morgan fingerprint density at radius 3 is 3.07 bits per heavy atom. The number of aldehydes is 1. The summed E-state index contributed by atoms with van der Waals surface area (Å²) in [5.41, 5.74) is 7.97. The minimum absolute atomic E-state index is 0.153. The van der Waals surface area contributed by atoms with Gasteiger partial charge in [-0.05, 0) is 24.6 Å². The summed E-state index contributed by atoms with van der Waals surface area (Å²) < 4.78 is 0. The van der Waals surface area contributed by atoms with Crippen molar-refractivity contribution in [3.63, 3.8) is 0 Å². The van der Waals surface area contributed by atoms with E-state index in [9.17, 15) is 4.79 Å². The van der Waals surface area contributed by atoms with Crippen LogP contribution in [-0.4, -0.2) is 25.4 Å². The molecule has 2 rings (SSSR count). The minimum Gasteiger partial charge on any atom is -0.326 e. The molecular weight excluding hydrogens is 188 g/mol. The lowest BCUT2D eigenvalue weighted by atomic mass is 9.86. The van der Waals surface area contributed by atoms with E-state index in [1.54, 1.807) is 0 Å². The van der Waals surface area contributed by atoms with E-state index >= 15 is 0 Å². The average Bonchev–Trinajstić information content (AvgIpc) is 2.30. The summed E-state index contributed by atoms with van der Waals surface area (Å²) in [5, 5.41) is 3.27. The van der Waals surface area contributed by atoms with Crippen molar-refractivity contribution in [2.24, 2.45) is 5.73 Å². The largest absolute Gasteiger partial charge is 0.326 e. The Kier molecular flexibility index (Phi) is 3.14. The lowest BCUT2D eigenvalue weighted by Gasteiger charge is -2.29. The molecule has 3 heteroatoms. The summed E-state index contributed by atoms with van der Waals surface area (Å²) in [6, 6.07) is 7.91. The molecule has 0 saturated carbocycles. The van der Waals surface area contributed by atoms with Crippen LogP contribution in [0.2, 0.25) is 0 Å². The third kappa shape index (κ3) is 2.25. The van der Waals surface area contributed by atoms with E-state index in [-0.39, 0.29) is 6.04 Å².